The normalized spacial score (nSPS) is 28.5. The van der Waals surface area contributed by atoms with Gasteiger partial charge in [-0.3, -0.25) is 33.9 Å². The molecule has 0 radical (unpaired) electrons. The molecule has 12 heteroatoms. The number of carbonyl (C=O) groups is 5. The summed E-state index contributed by atoms with van der Waals surface area (Å²) >= 11 is 0. The van der Waals surface area contributed by atoms with Gasteiger partial charge in [0.05, 0.1) is 12.1 Å². The van der Waals surface area contributed by atoms with Crippen molar-refractivity contribution in [3.05, 3.63) is 0 Å². The maximum Gasteiger partial charge on any atom is 0.289 e. The van der Waals surface area contributed by atoms with E-state index in [0.717, 1.165) is 64.5 Å². The Hall–Kier alpha value is -3.02. The lowest BCUT2D eigenvalue weighted by Crippen LogP contribution is -2.60. The highest BCUT2D eigenvalue weighted by atomic mass is 16.2. The van der Waals surface area contributed by atoms with E-state index in [0.29, 0.717) is 31.6 Å². The molecule has 6 atom stereocenters. The number of amidine groups is 1. The van der Waals surface area contributed by atoms with Crippen LogP contribution >= 0.6 is 0 Å². The molecule has 3 aliphatic carbocycles. The fraction of sp³-hybridized carbons (Fsp3) is 0.854. The minimum atomic E-state index is -0.980. The Morgan fingerprint density at radius 3 is 2.04 bits per heavy atom. The molecule has 2 spiro atoms. The lowest BCUT2D eigenvalue weighted by atomic mass is 9.73. The average Bonchev–Trinajstić information content (AvgIpc) is 3.89. The third-order valence-electron chi connectivity index (χ3n) is 13.9. The van der Waals surface area contributed by atoms with Gasteiger partial charge in [-0.05, 0) is 86.1 Å². The molecule has 4 amide bonds. The van der Waals surface area contributed by atoms with Crippen molar-refractivity contribution in [1.82, 2.24) is 25.8 Å². The first-order valence-corrected chi connectivity index (χ1v) is 20.5. The maximum absolute atomic E-state index is 15.0. The predicted octanol–water partition coefficient (Wildman–Crippen LogP) is 4.09. The Balaban J connectivity index is 1.43. The zero-order chi connectivity index (χ0) is 39.3. The average molecular weight is 740 g/mol. The number of nitrogens with two attached hydrogens (primary N) is 1. The number of rotatable bonds is 13. The van der Waals surface area contributed by atoms with E-state index in [1.807, 2.05) is 48.5 Å². The van der Waals surface area contributed by atoms with Gasteiger partial charge in [0.1, 0.15) is 24.0 Å². The van der Waals surface area contributed by atoms with E-state index in [4.69, 9.17) is 10.7 Å². The fourth-order valence-electron chi connectivity index (χ4n) is 10.2. The van der Waals surface area contributed by atoms with Gasteiger partial charge in [-0.15, -0.1) is 0 Å². The molecular formula is C41H69N7O5. The molecule has 298 valence electrons. The van der Waals surface area contributed by atoms with Crippen molar-refractivity contribution in [2.45, 2.75) is 176 Å². The van der Waals surface area contributed by atoms with Gasteiger partial charge >= 0.3 is 0 Å². The van der Waals surface area contributed by atoms with Crippen LogP contribution in [0.3, 0.4) is 0 Å². The van der Waals surface area contributed by atoms with E-state index in [9.17, 15) is 19.2 Å². The van der Waals surface area contributed by atoms with Crippen LogP contribution in [0.5, 0.6) is 0 Å². The van der Waals surface area contributed by atoms with Crippen LogP contribution in [0.1, 0.15) is 140 Å². The number of amides is 4. The molecule has 5 aliphatic rings. The van der Waals surface area contributed by atoms with Gasteiger partial charge in [-0.2, -0.15) is 0 Å². The summed E-state index contributed by atoms with van der Waals surface area (Å²) in [5.74, 6) is -1.99. The highest BCUT2D eigenvalue weighted by Crippen LogP contribution is 2.88. The zero-order valence-corrected chi connectivity index (χ0v) is 34.3. The summed E-state index contributed by atoms with van der Waals surface area (Å²) in [5.41, 5.74) is 5.08. The number of nitrogens with one attached hydrogen (secondary N) is 3. The number of piperidine rings is 1. The van der Waals surface area contributed by atoms with Gasteiger partial charge in [0.15, 0.2) is 0 Å². The smallest absolute Gasteiger partial charge is 0.289 e. The molecule has 0 aromatic heterocycles. The third-order valence-corrected chi connectivity index (χ3v) is 13.9. The van der Waals surface area contributed by atoms with Crippen LogP contribution in [0.15, 0.2) is 4.99 Å². The first-order valence-electron chi connectivity index (χ1n) is 20.5. The minimum absolute atomic E-state index is 0.0193. The Kier molecular flexibility index (Phi) is 11.6. The summed E-state index contributed by atoms with van der Waals surface area (Å²) in [6, 6.07) is -3.64. The van der Waals surface area contributed by atoms with Crippen molar-refractivity contribution in [3.63, 3.8) is 0 Å². The third kappa shape index (κ3) is 7.64. The number of likely N-dealkylation sites (tertiary alicyclic amines) is 2. The summed E-state index contributed by atoms with van der Waals surface area (Å²) in [6.07, 6.45) is 9.36. The Morgan fingerprint density at radius 2 is 1.53 bits per heavy atom. The topological polar surface area (TPSA) is 166 Å². The van der Waals surface area contributed by atoms with Crippen LogP contribution in [-0.2, 0) is 24.0 Å². The molecule has 5 rings (SSSR count). The van der Waals surface area contributed by atoms with E-state index >= 15 is 4.79 Å². The van der Waals surface area contributed by atoms with E-state index in [1.165, 1.54) is 0 Å². The molecule has 0 aromatic carbocycles. The summed E-state index contributed by atoms with van der Waals surface area (Å²) in [4.78, 5) is 78.8. The predicted molar refractivity (Wildman–Crippen MR) is 207 cm³/mol. The standard InChI is InChI=1S/C41H69N7O5/c1-11-16-26(29(49)34(51)43-25-18-19-25)44-33(50)28-23-41(39(9,10)40(41)20-15-21-40)24-48(28)36(53)31(38(6,7)8)46-35(52)30(37(3,4)5)45-32(42)27-17-13-14-22-47(27)12-2/h25-28,30-31H,11-24H2,1-10H3,(H2,42,45)(H,43,51)(H,44,50)(H,46,52)/t26-,27+,28-,30?,31+,41+/m0/s1. The van der Waals surface area contributed by atoms with E-state index < -0.39 is 52.6 Å². The van der Waals surface area contributed by atoms with Gasteiger partial charge in [0.25, 0.3) is 5.91 Å². The van der Waals surface area contributed by atoms with E-state index in [-0.39, 0.29) is 40.1 Å². The van der Waals surface area contributed by atoms with Crippen LogP contribution in [0.25, 0.3) is 0 Å². The molecule has 5 fully saturated rings. The van der Waals surface area contributed by atoms with Crippen LogP contribution in [-0.4, -0.2) is 101 Å². The van der Waals surface area contributed by atoms with Crippen LogP contribution in [0, 0.1) is 27.1 Å². The number of nitrogens with zero attached hydrogens (tertiary/aromatic N) is 3. The molecule has 53 heavy (non-hydrogen) atoms. The lowest BCUT2D eigenvalue weighted by molar-refractivity contribution is -0.145. The number of carbonyl (C=O) groups excluding carboxylic acids is 5. The lowest BCUT2D eigenvalue weighted by Gasteiger charge is -2.38. The Morgan fingerprint density at radius 1 is 0.868 bits per heavy atom. The van der Waals surface area contributed by atoms with Crippen molar-refractivity contribution in [1.29, 1.82) is 0 Å². The number of Topliss-reactive ketones (excluding diaryl/α,β-unsaturated/α-hetero) is 1. The van der Waals surface area contributed by atoms with Crippen LogP contribution in [0.4, 0.5) is 0 Å². The molecule has 12 nitrogen and oxygen atoms in total. The largest absolute Gasteiger partial charge is 0.386 e. The molecule has 0 aromatic rings. The Labute approximate surface area is 318 Å². The van der Waals surface area contributed by atoms with Crippen molar-refractivity contribution in [3.8, 4) is 0 Å². The second-order valence-corrected chi connectivity index (χ2v) is 19.6. The Bertz CT molecular complexity index is 1470. The van der Waals surface area contributed by atoms with E-state index in [1.54, 1.807) is 4.90 Å². The van der Waals surface area contributed by atoms with Crippen molar-refractivity contribution < 1.29 is 24.0 Å². The number of hydrogen-bond acceptors (Lipinski definition) is 7. The fourth-order valence-corrected chi connectivity index (χ4v) is 10.2. The maximum atomic E-state index is 15.0. The highest BCUT2D eigenvalue weighted by molar-refractivity contribution is 6.38. The van der Waals surface area contributed by atoms with Gasteiger partial charge in [0, 0.05) is 18.0 Å². The number of aliphatic imine (C=N–C) groups is 1. The summed E-state index contributed by atoms with van der Waals surface area (Å²) in [6.45, 7) is 22.3. The van der Waals surface area contributed by atoms with Gasteiger partial charge < -0.3 is 26.6 Å². The minimum Gasteiger partial charge on any atom is -0.386 e. The summed E-state index contributed by atoms with van der Waals surface area (Å²) < 4.78 is 0. The highest BCUT2D eigenvalue weighted by Gasteiger charge is 2.85. The van der Waals surface area contributed by atoms with Gasteiger partial charge in [0.2, 0.25) is 23.5 Å². The van der Waals surface area contributed by atoms with Gasteiger partial charge in [-0.1, -0.05) is 88.5 Å². The SMILES string of the molecule is CCC[C@H](NC(=O)[C@@H]1C[C@@]2(CN1C(=O)[C@@H](NC(=O)C(N=C(N)[C@H]1CCCCN1CC)C(C)(C)C)C(C)(C)C)C(C)(C)C21CCC1)C(=O)C(=O)NC1CC1. The number of likely N-dealkylation sites (N-methyl/N-ethyl adjacent to an activating group) is 1. The van der Waals surface area contributed by atoms with Crippen LogP contribution in [0.2, 0.25) is 0 Å². The van der Waals surface area contributed by atoms with Crippen molar-refractivity contribution >= 4 is 35.2 Å². The molecule has 2 heterocycles. The van der Waals surface area contributed by atoms with Crippen molar-refractivity contribution in [2.24, 2.45) is 37.8 Å². The number of hydrogen-bond donors (Lipinski definition) is 4. The molecule has 2 aliphatic heterocycles. The second-order valence-electron chi connectivity index (χ2n) is 19.6. The molecule has 1 unspecified atom stereocenters. The van der Waals surface area contributed by atoms with Crippen molar-refractivity contribution in [2.75, 3.05) is 19.6 Å². The van der Waals surface area contributed by atoms with Gasteiger partial charge in [-0.25, -0.2) is 0 Å². The first-order chi connectivity index (χ1) is 24.7. The molecule has 0 bridgehead atoms. The summed E-state index contributed by atoms with van der Waals surface area (Å²) in [7, 11) is 0. The van der Waals surface area contributed by atoms with E-state index in [2.05, 4.69) is 41.6 Å². The second kappa shape index (κ2) is 14.9. The monoisotopic (exact) mass is 740 g/mol. The molecule has 3 saturated carbocycles. The molecule has 5 N–H and O–H groups in total. The quantitative estimate of drug-likeness (QED) is 0.125. The number of fused-ring (bicyclic) bond motifs is 1. The zero-order valence-electron chi connectivity index (χ0n) is 34.3. The molecular weight excluding hydrogens is 670 g/mol. The summed E-state index contributed by atoms with van der Waals surface area (Å²) in [5, 5.41) is 8.81. The van der Waals surface area contributed by atoms with Crippen LogP contribution < -0.4 is 21.7 Å². The first kappa shape index (κ1) is 41.1. The molecule has 2 saturated heterocycles. The number of ketones is 1.